The number of hydrogen-bond donors (Lipinski definition) is 0. The van der Waals surface area contributed by atoms with Gasteiger partial charge in [-0.1, -0.05) is 60.7 Å². The van der Waals surface area contributed by atoms with E-state index in [2.05, 4.69) is 126 Å². The molecular weight excluding hydrogens is 496 g/mol. The van der Waals surface area contributed by atoms with Gasteiger partial charge in [-0.15, -0.1) is 11.3 Å². The average Bonchev–Trinajstić information content (AvgIpc) is 3.67. The first kappa shape index (κ1) is 21.1. The standard InChI is InChI=1S/C35H20N2OS/c1-2-8-23-20-30-27(19-22(23)7-1)25-9-3-5-11-29(25)37(30)24-15-13-21(14-16-24)35-36-28-17-18-32-33(34(28)38-35)26-10-4-6-12-31(26)39-32/h1-20H. The van der Waals surface area contributed by atoms with Crippen LogP contribution in [-0.4, -0.2) is 9.55 Å². The van der Waals surface area contributed by atoms with Crippen LogP contribution in [0.15, 0.2) is 126 Å². The maximum absolute atomic E-state index is 6.44. The fraction of sp³-hybridized carbons (Fsp3) is 0. The van der Waals surface area contributed by atoms with E-state index in [0.717, 1.165) is 27.7 Å². The van der Waals surface area contributed by atoms with Crippen molar-refractivity contribution in [1.29, 1.82) is 0 Å². The Labute approximate surface area is 227 Å². The summed E-state index contributed by atoms with van der Waals surface area (Å²) in [5.41, 5.74) is 6.23. The van der Waals surface area contributed by atoms with Crippen LogP contribution in [0.5, 0.6) is 0 Å². The van der Waals surface area contributed by atoms with Gasteiger partial charge < -0.3 is 8.98 Å². The third-order valence-corrected chi connectivity index (χ3v) is 8.94. The number of aromatic nitrogens is 2. The van der Waals surface area contributed by atoms with Gasteiger partial charge in [-0.2, -0.15) is 0 Å². The van der Waals surface area contributed by atoms with Crippen molar-refractivity contribution < 1.29 is 4.42 Å². The second-order valence-corrected chi connectivity index (χ2v) is 11.1. The van der Waals surface area contributed by atoms with Gasteiger partial charge >= 0.3 is 0 Å². The molecule has 182 valence electrons. The van der Waals surface area contributed by atoms with Gasteiger partial charge in [0.1, 0.15) is 5.52 Å². The van der Waals surface area contributed by atoms with Gasteiger partial charge in [0, 0.05) is 42.2 Å². The highest BCUT2D eigenvalue weighted by molar-refractivity contribution is 7.26. The molecule has 0 saturated carbocycles. The summed E-state index contributed by atoms with van der Waals surface area (Å²) >= 11 is 1.79. The minimum Gasteiger partial charge on any atom is -0.435 e. The zero-order chi connectivity index (χ0) is 25.5. The van der Waals surface area contributed by atoms with Gasteiger partial charge in [0.05, 0.1) is 11.0 Å². The van der Waals surface area contributed by atoms with Gasteiger partial charge in [-0.3, -0.25) is 0 Å². The summed E-state index contributed by atoms with van der Waals surface area (Å²) in [5.74, 6) is 0.646. The molecule has 0 saturated heterocycles. The Morgan fingerprint density at radius 3 is 2.21 bits per heavy atom. The van der Waals surface area contributed by atoms with Crippen LogP contribution in [0.1, 0.15) is 0 Å². The van der Waals surface area contributed by atoms with Crippen LogP contribution < -0.4 is 0 Å². The third-order valence-electron chi connectivity index (χ3n) is 7.81. The van der Waals surface area contributed by atoms with Gasteiger partial charge in [-0.05, 0) is 71.4 Å². The van der Waals surface area contributed by atoms with Crippen molar-refractivity contribution in [3.05, 3.63) is 121 Å². The Hall–Kier alpha value is -4.93. The molecular formula is C35H20N2OS. The highest BCUT2D eigenvalue weighted by Crippen LogP contribution is 2.40. The van der Waals surface area contributed by atoms with Crippen LogP contribution in [0.4, 0.5) is 0 Å². The van der Waals surface area contributed by atoms with Crippen molar-refractivity contribution in [3.8, 4) is 17.1 Å². The van der Waals surface area contributed by atoms with Crippen LogP contribution in [0.2, 0.25) is 0 Å². The first-order valence-corrected chi connectivity index (χ1v) is 13.9. The fourth-order valence-electron chi connectivity index (χ4n) is 6.00. The van der Waals surface area contributed by atoms with Gasteiger partial charge in [0.2, 0.25) is 5.89 Å². The molecule has 0 bridgehead atoms. The third kappa shape index (κ3) is 3.01. The van der Waals surface area contributed by atoms with E-state index < -0.39 is 0 Å². The Balaban J connectivity index is 1.22. The molecule has 0 radical (unpaired) electrons. The topological polar surface area (TPSA) is 31.0 Å². The highest BCUT2D eigenvalue weighted by atomic mass is 32.1. The van der Waals surface area contributed by atoms with Gasteiger partial charge in [0.15, 0.2) is 5.58 Å². The van der Waals surface area contributed by atoms with Crippen molar-refractivity contribution in [2.75, 3.05) is 0 Å². The lowest BCUT2D eigenvalue weighted by Gasteiger charge is -2.09. The number of nitrogens with zero attached hydrogens (tertiary/aromatic N) is 2. The molecule has 9 aromatic rings. The molecule has 9 rings (SSSR count). The van der Waals surface area contributed by atoms with Crippen LogP contribution in [0, 0.1) is 0 Å². The molecule has 6 aromatic carbocycles. The molecule has 0 amide bonds. The van der Waals surface area contributed by atoms with Gasteiger partial charge in [0.25, 0.3) is 0 Å². The predicted octanol–water partition coefficient (Wildman–Crippen LogP) is 10.1. The SMILES string of the molecule is c1ccc2cc3c(cc2c1)c1ccccc1n3-c1ccc(-c2nc3ccc4sc5ccccc5c4c3o2)cc1. The largest absolute Gasteiger partial charge is 0.435 e. The summed E-state index contributed by atoms with van der Waals surface area (Å²) in [4.78, 5) is 4.88. The monoisotopic (exact) mass is 516 g/mol. The Morgan fingerprint density at radius 1 is 0.590 bits per heavy atom. The molecule has 0 atom stereocenters. The lowest BCUT2D eigenvalue weighted by atomic mass is 10.1. The Morgan fingerprint density at radius 2 is 1.33 bits per heavy atom. The minimum atomic E-state index is 0.646. The van der Waals surface area contributed by atoms with Crippen molar-refractivity contribution in [1.82, 2.24) is 9.55 Å². The van der Waals surface area contributed by atoms with E-state index >= 15 is 0 Å². The molecule has 0 aliphatic rings. The van der Waals surface area contributed by atoms with E-state index in [4.69, 9.17) is 9.40 Å². The average molecular weight is 517 g/mol. The minimum absolute atomic E-state index is 0.646. The quantitative estimate of drug-likeness (QED) is 0.229. The summed E-state index contributed by atoms with van der Waals surface area (Å²) < 4.78 is 11.3. The molecule has 4 heteroatoms. The number of benzene rings is 6. The van der Waals surface area contributed by atoms with Crippen LogP contribution in [0.25, 0.3) is 81.0 Å². The second kappa shape index (κ2) is 7.79. The number of hydrogen-bond acceptors (Lipinski definition) is 3. The van der Waals surface area contributed by atoms with E-state index in [-0.39, 0.29) is 0 Å². The molecule has 0 fully saturated rings. The fourth-order valence-corrected chi connectivity index (χ4v) is 7.11. The summed E-state index contributed by atoms with van der Waals surface area (Å²) in [6, 6.07) is 43.1. The number of fused-ring (bicyclic) bond motifs is 9. The van der Waals surface area contributed by atoms with E-state index in [1.165, 1.54) is 47.4 Å². The van der Waals surface area contributed by atoms with Crippen molar-refractivity contribution >= 4 is 75.2 Å². The molecule has 0 aliphatic carbocycles. The molecule has 0 unspecified atom stereocenters. The van der Waals surface area contributed by atoms with E-state index in [1.54, 1.807) is 11.3 Å². The van der Waals surface area contributed by atoms with Crippen molar-refractivity contribution in [2.24, 2.45) is 0 Å². The highest BCUT2D eigenvalue weighted by Gasteiger charge is 2.17. The first-order chi connectivity index (χ1) is 19.3. The van der Waals surface area contributed by atoms with E-state index in [9.17, 15) is 0 Å². The van der Waals surface area contributed by atoms with Crippen LogP contribution >= 0.6 is 11.3 Å². The first-order valence-electron chi connectivity index (χ1n) is 13.1. The summed E-state index contributed by atoms with van der Waals surface area (Å²) in [5, 5.41) is 7.39. The van der Waals surface area contributed by atoms with Crippen molar-refractivity contribution in [2.45, 2.75) is 0 Å². The predicted molar refractivity (Wildman–Crippen MR) is 164 cm³/mol. The van der Waals surface area contributed by atoms with Crippen LogP contribution in [0.3, 0.4) is 0 Å². The maximum Gasteiger partial charge on any atom is 0.227 e. The smallest absolute Gasteiger partial charge is 0.227 e. The van der Waals surface area contributed by atoms with Crippen molar-refractivity contribution in [3.63, 3.8) is 0 Å². The molecule has 3 heterocycles. The van der Waals surface area contributed by atoms with E-state index in [1.807, 2.05) is 0 Å². The molecule has 0 aliphatic heterocycles. The number of thiophene rings is 1. The molecule has 0 spiro atoms. The van der Waals surface area contributed by atoms with Crippen LogP contribution in [-0.2, 0) is 0 Å². The van der Waals surface area contributed by atoms with Gasteiger partial charge in [-0.25, -0.2) is 4.98 Å². The molecule has 3 nitrogen and oxygen atoms in total. The number of rotatable bonds is 2. The molecule has 39 heavy (non-hydrogen) atoms. The number of para-hydroxylation sites is 1. The zero-order valence-corrected chi connectivity index (χ0v) is 21.6. The van der Waals surface area contributed by atoms with E-state index in [0.29, 0.717) is 5.89 Å². The summed E-state index contributed by atoms with van der Waals surface area (Å²) in [6.45, 7) is 0. The summed E-state index contributed by atoms with van der Waals surface area (Å²) in [7, 11) is 0. The normalized spacial score (nSPS) is 12.1. The number of oxazole rings is 1. The maximum atomic E-state index is 6.44. The second-order valence-electron chi connectivity index (χ2n) is 10.0. The molecule has 0 N–H and O–H groups in total. The lowest BCUT2D eigenvalue weighted by molar-refractivity contribution is 0.623. The summed E-state index contributed by atoms with van der Waals surface area (Å²) in [6.07, 6.45) is 0. The zero-order valence-electron chi connectivity index (χ0n) is 20.8. The molecule has 3 aromatic heterocycles. The lowest BCUT2D eigenvalue weighted by Crippen LogP contribution is -1.93. The Bertz CT molecular complexity index is 2390. The Kier molecular flexibility index (Phi) is 4.21.